The molecule has 5 nitrogen and oxygen atoms in total. The van der Waals surface area contributed by atoms with Gasteiger partial charge in [-0.3, -0.25) is 4.79 Å². The first kappa shape index (κ1) is 21.6. The molecule has 0 aliphatic heterocycles. The summed E-state index contributed by atoms with van der Waals surface area (Å²) < 4.78 is 8.22. The Morgan fingerprint density at radius 1 is 1.03 bits per heavy atom. The standard InChI is InChI=1S/C27H29N3O2/c1-19-13-14-25(20(2)17-19)32-16-15-30-24-12-8-7-11-23(24)29-27(30)21(3)28-26(31)18-22-9-5-4-6-10-22/h4-14,17,21H,15-16,18H2,1-3H3,(H,28,31). The number of carbonyl (C=O) groups excluding carboxylic acids is 1. The molecule has 0 spiro atoms. The van der Waals surface area contributed by atoms with Crippen LogP contribution in [0, 0.1) is 13.8 Å². The van der Waals surface area contributed by atoms with Gasteiger partial charge in [-0.25, -0.2) is 4.98 Å². The van der Waals surface area contributed by atoms with E-state index in [2.05, 4.69) is 41.9 Å². The fraction of sp³-hybridized carbons (Fsp3) is 0.259. The maximum Gasteiger partial charge on any atom is 0.224 e. The number of hydrogen-bond donors (Lipinski definition) is 1. The summed E-state index contributed by atoms with van der Waals surface area (Å²) >= 11 is 0. The van der Waals surface area contributed by atoms with E-state index >= 15 is 0 Å². The minimum Gasteiger partial charge on any atom is -0.491 e. The van der Waals surface area contributed by atoms with Crippen LogP contribution < -0.4 is 10.1 Å². The van der Waals surface area contributed by atoms with Crippen LogP contribution in [0.3, 0.4) is 0 Å². The van der Waals surface area contributed by atoms with Crippen LogP contribution in [-0.4, -0.2) is 22.1 Å². The Morgan fingerprint density at radius 3 is 2.56 bits per heavy atom. The summed E-state index contributed by atoms with van der Waals surface area (Å²) in [6.07, 6.45) is 0.348. The average molecular weight is 428 g/mol. The number of para-hydroxylation sites is 2. The molecule has 164 valence electrons. The molecule has 0 saturated heterocycles. The van der Waals surface area contributed by atoms with Crippen molar-refractivity contribution in [2.75, 3.05) is 6.61 Å². The quantitative estimate of drug-likeness (QED) is 0.423. The number of rotatable bonds is 8. The van der Waals surface area contributed by atoms with Crippen molar-refractivity contribution in [3.05, 3.63) is 95.3 Å². The van der Waals surface area contributed by atoms with Crippen molar-refractivity contribution in [1.29, 1.82) is 0 Å². The summed E-state index contributed by atoms with van der Waals surface area (Å²) in [6, 6.07) is 23.8. The molecule has 0 radical (unpaired) electrons. The number of nitrogens with zero attached hydrogens (tertiary/aromatic N) is 2. The van der Waals surface area contributed by atoms with Gasteiger partial charge in [-0.1, -0.05) is 60.2 Å². The number of aromatic nitrogens is 2. The zero-order chi connectivity index (χ0) is 22.5. The molecule has 1 N–H and O–H groups in total. The number of carbonyl (C=O) groups is 1. The zero-order valence-corrected chi connectivity index (χ0v) is 18.8. The number of benzene rings is 3. The molecule has 0 aliphatic rings. The molecule has 1 aromatic heterocycles. The van der Waals surface area contributed by atoms with Crippen LogP contribution >= 0.6 is 0 Å². The topological polar surface area (TPSA) is 56.1 Å². The van der Waals surface area contributed by atoms with E-state index in [9.17, 15) is 4.79 Å². The minimum atomic E-state index is -0.222. The van der Waals surface area contributed by atoms with E-state index in [4.69, 9.17) is 9.72 Å². The lowest BCUT2D eigenvalue weighted by molar-refractivity contribution is -0.121. The summed E-state index contributed by atoms with van der Waals surface area (Å²) in [7, 11) is 0. The summed E-state index contributed by atoms with van der Waals surface area (Å²) in [5.41, 5.74) is 5.29. The molecule has 1 atom stereocenters. The molecule has 1 unspecified atom stereocenters. The molecule has 4 aromatic rings. The summed E-state index contributed by atoms with van der Waals surface area (Å²) in [4.78, 5) is 17.4. The molecule has 0 saturated carbocycles. The molecule has 1 amide bonds. The van der Waals surface area contributed by atoms with Gasteiger partial charge in [0, 0.05) is 0 Å². The second-order valence-electron chi connectivity index (χ2n) is 8.18. The third-order valence-electron chi connectivity index (χ3n) is 5.56. The predicted octanol–water partition coefficient (Wildman–Crippen LogP) is 5.15. The second-order valence-corrected chi connectivity index (χ2v) is 8.18. The largest absolute Gasteiger partial charge is 0.491 e. The lowest BCUT2D eigenvalue weighted by atomic mass is 10.1. The number of nitrogens with one attached hydrogen (secondary N) is 1. The number of hydrogen-bond acceptors (Lipinski definition) is 3. The normalized spacial score (nSPS) is 12.0. The van der Waals surface area contributed by atoms with Crippen molar-refractivity contribution in [1.82, 2.24) is 14.9 Å². The highest BCUT2D eigenvalue weighted by atomic mass is 16.5. The van der Waals surface area contributed by atoms with Gasteiger partial charge in [0.2, 0.25) is 5.91 Å². The van der Waals surface area contributed by atoms with Crippen LogP contribution in [0.4, 0.5) is 0 Å². The molecule has 5 heteroatoms. The summed E-state index contributed by atoms with van der Waals surface area (Å²) in [5, 5.41) is 3.11. The van der Waals surface area contributed by atoms with E-state index < -0.39 is 0 Å². The SMILES string of the molecule is Cc1ccc(OCCn2c(C(C)NC(=O)Cc3ccccc3)nc3ccccc32)c(C)c1. The Hall–Kier alpha value is -3.60. The first-order valence-electron chi connectivity index (χ1n) is 11.0. The van der Waals surface area contributed by atoms with E-state index in [1.807, 2.05) is 61.5 Å². The van der Waals surface area contributed by atoms with Crippen LogP contribution in [0.1, 0.15) is 35.5 Å². The third-order valence-corrected chi connectivity index (χ3v) is 5.56. The number of imidazole rings is 1. The van der Waals surface area contributed by atoms with Gasteiger partial charge in [-0.05, 0) is 50.1 Å². The lowest BCUT2D eigenvalue weighted by Crippen LogP contribution is -2.30. The van der Waals surface area contributed by atoms with Crippen molar-refractivity contribution < 1.29 is 9.53 Å². The van der Waals surface area contributed by atoms with E-state index in [1.165, 1.54) is 5.56 Å². The molecule has 3 aromatic carbocycles. The van der Waals surface area contributed by atoms with E-state index in [1.54, 1.807) is 0 Å². The van der Waals surface area contributed by atoms with Crippen LogP contribution in [-0.2, 0) is 17.8 Å². The van der Waals surface area contributed by atoms with Gasteiger partial charge in [0.05, 0.1) is 30.0 Å². The van der Waals surface area contributed by atoms with Gasteiger partial charge < -0.3 is 14.6 Å². The van der Waals surface area contributed by atoms with Crippen LogP contribution in [0.15, 0.2) is 72.8 Å². The van der Waals surface area contributed by atoms with E-state index in [-0.39, 0.29) is 11.9 Å². The Labute approximate surface area is 189 Å². The van der Waals surface area contributed by atoms with Crippen molar-refractivity contribution in [2.45, 2.75) is 39.8 Å². The monoisotopic (exact) mass is 427 g/mol. The third kappa shape index (κ3) is 4.99. The fourth-order valence-corrected chi connectivity index (χ4v) is 4.01. The Balaban J connectivity index is 1.49. The zero-order valence-electron chi connectivity index (χ0n) is 18.8. The van der Waals surface area contributed by atoms with Gasteiger partial charge in [0.1, 0.15) is 18.2 Å². The van der Waals surface area contributed by atoms with Gasteiger partial charge in [0.25, 0.3) is 0 Å². The smallest absolute Gasteiger partial charge is 0.224 e. The molecule has 0 aliphatic carbocycles. The summed E-state index contributed by atoms with van der Waals surface area (Å²) in [6.45, 7) is 7.27. The van der Waals surface area contributed by atoms with Crippen molar-refractivity contribution >= 4 is 16.9 Å². The second kappa shape index (κ2) is 9.69. The Bertz CT molecular complexity index is 1210. The van der Waals surface area contributed by atoms with Crippen LogP contribution in [0.2, 0.25) is 0 Å². The highest BCUT2D eigenvalue weighted by molar-refractivity contribution is 5.79. The molecular weight excluding hydrogens is 398 g/mol. The molecule has 4 rings (SSSR count). The first-order chi connectivity index (χ1) is 15.5. The van der Waals surface area contributed by atoms with Gasteiger partial charge in [0.15, 0.2) is 0 Å². The van der Waals surface area contributed by atoms with Gasteiger partial charge >= 0.3 is 0 Å². The first-order valence-corrected chi connectivity index (χ1v) is 11.0. The van der Waals surface area contributed by atoms with Gasteiger partial charge in [-0.15, -0.1) is 0 Å². The maximum atomic E-state index is 12.6. The summed E-state index contributed by atoms with van der Waals surface area (Å²) in [5.74, 6) is 1.71. The van der Waals surface area contributed by atoms with Crippen molar-refractivity contribution in [2.24, 2.45) is 0 Å². The molecular formula is C27H29N3O2. The highest BCUT2D eigenvalue weighted by Crippen LogP contribution is 2.22. The van der Waals surface area contributed by atoms with Gasteiger partial charge in [-0.2, -0.15) is 0 Å². The number of amides is 1. The number of aryl methyl sites for hydroxylation is 2. The van der Waals surface area contributed by atoms with Crippen LogP contribution in [0.5, 0.6) is 5.75 Å². The van der Waals surface area contributed by atoms with Crippen molar-refractivity contribution in [3.63, 3.8) is 0 Å². The lowest BCUT2D eigenvalue weighted by Gasteiger charge is -2.17. The minimum absolute atomic E-state index is 0.0196. The molecule has 0 bridgehead atoms. The van der Waals surface area contributed by atoms with E-state index in [0.29, 0.717) is 19.6 Å². The highest BCUT2D eigenvalue weighted by Gasteiger charge is 2.18. The number of fused-ring (bicyclic) bond motifs is 1. The van der Waals surface area contributed by atoms with Crippen LogP contribution in [0.25, 0.3) is 11.0 Å². The fourth-order valence-electron chi connectivity index (χ4n) is 4.01. The van der Waals surface area contributed by atoms with E-state index in [0.717, 1.165) is 33.7 Å². The Kier molecular flexibility index (Phi) is 6.55. The molecule has 1 heterocycles. The molecule has 32 heavy (non-hydrogen) atoms. The number of ether oxygens (including phenoxy) is 1. The maximum absolute atomic E-state index is 12.6. The Morgan fingerprint density at radius 2 is 1.78 bits per heavy atom. The van der Waals surface area contributed by atoms with Crippen molar-refractivity contribution in [3.8, 4) is 5.75 Å². The predicted molar refractivity (Wildman–Crippen MR) is 128 cm³/mol. The average Bonchev–Trinajstić information content (AvgIpc) is 3.15. The molecule has 0 fully saturated rings.